The van der Waals surface area contributed by atoms with Crippen molar-refractivity contribution in [1.29, 1.82) is 0 Å². The van der Waals surface area contributed by atoms with Gasteiger partial charge in [-0.25, -0.2) is 4.39 Å². The second-order valence-corrected chi connectivity index (χ2v) is 5.86. The highest BCUT2D eigenvalue weighted by Gasteiger charge is 2.19. The van der Waals surface area contributed by atoms with Crippen LogP contribution in [0.4, 0.5) is 4.39 Å². The number of aliphatic hydroxyl groups excluding tert-OH is 1. The molecule has 0 saturated heterocycles. The highest BCUT2D eigenvalue weighted by Crippen LogP contribution is 2.28. The summed E-state index contributed by atoms with van der Waals surface area (Å²) in [7, 11) is 1.77. The minimum Gasteiger partial charge on any atom is -0.388 e. The number of nitrogens with zero attached hydrogens (tertiary/aromatic N) is 2. The van der Waals surface area contributed by atoms with E-state index >= 15 is 0 Å². The number of aryl methyl sites for hydroxylation is 2. The second kappa shape index (κ2) is 6.24. The Kier molecular flexibility index (Phi) is 4.83. The molecule has 0 aliphatic rings. The minimum atomic E-state index is -0.958. The summed E-state index contributed by atoms with van der Waals surface area (Å²) >= 11 is 9.42. The summed E-state index contributed by atoms with van der Waals surface area (Å²) in [5.41, 5.74) is 1.74. The van der Waals surface area contributed by atoms with Gasteiger partial charge in [-0.3, -0.25) is 4.68 Å². The zero-order chi connectivity index (χ0) is 14.9. The smallest absolute Gasteiger partial charge is 0.130 e. The van der Waals surface area contributed by atoms with Crippen LogP contribution in [-0.4, -0.2) is 14.9 Å². The van der Waals surface area contributed by atoms with Crippen molar-refractivity contribution < 1.29 is 9.50 Å². The molecule has 2 aromatic rings. The van der Waals surface area contributed by atoms with Crippen LogP contribution in [-0.2, 0) is 19.9 Å². The maximum atomic E-state index is 13.8. The molecule has 20 heavy (non-hydrogen) atoms. The second-order valence-electron chi connectivity index (χ2n) is 4.57. The Morgan fingerprint density at radius 2 is 2.20 bits per heavy atom. The molecule has 0 radical (unpaired) electrons. The zero-order valence-corrected chi connectivity index (χ0v) is 13.5. The van der Waals surface area contributed by atoms with Crippen molar-refractivity contribution in [2.45, 2.75) is 25.9 Å². The number of halogens is 3. The third-order valence-electron chi connectivity index (χ3n) is 3.21. The molecule has 2 rings (SSSR count). The molecule has 6 heteroatoms. The lowest BCUT2D eigenvalue weighted by Gasteiger charge is -2.12. The van der Waals surface area contributed by atoms with Gasteiger partial charge >= 0.3 is 0 Å². The molecule has 0 saturated carbocycles. The minimum absolute atomic E-state index is 0.223. The van der Waals surface area contributed by atoms with Gasteiger partial charge in [-0.15, -0.1) is 0 Å². The van der Waals surface area contributed by atoms with Gasteiger partial charge in [0.2, 0.25) is 0 Å². The van der Waals surface area contributed by atoms with E-state index in [0.29, 0.717) is 15.2 Å². The van der Waals surface area contributed by atoms with E-state index in [1.807, 2.05) is 6.92 Å². The summed E-state index contributed by atoms with van der Waals surface area (Å²) in [5.74, 6) is -0.444. The fourth-order valence-electron chi connectivity index (χ4n) is 2.11. The predicted molar refractivity (Wildman–Crippen MR) is 80.4 cm³/mol. The number of benzene rings is 1. The molecule has 1 aromatic heterocycles. The van der Waals surface area contributed by atoms with Crippen LogP contribution in [0.2, 0.25) is 5.02 Å². The highest BCUT2D eigenvalue weighted by molar-refractivity contribution is 9.10. The summed E-state index contributed by atoms with van der Waals surface area (Å²) in [6.07, 6.45) is -0.0169. The molecule has 1 aromatic carbocycles. The molecule has 0 amide bonds. The lowest BCUT2D eigenvalue weighted by molar-refractivity contribution is 0.171. The van der Waals surface area contributed by atoms with E-state index in [0.717, 1.165) is 12.1 Å². The van der Waals surface area contributed by atoms with Crippen LogP contribution in [0.15, 0.2) is 22.7 Å². The lowest BCUT2D eigenvalue weighted by atomic mass is 10.0. The van der Waals surface area contributed by atoms with Gasteiger partial charge < -0.3 is 5.11 Å². The van der Waals surface area contributed by atoms with Gasteiger partial charge in [0.1, 0.15) is 5.82 Å². The summed E-state index contributed by atoms with van der Waals surface area (Å²) in [4.78, 5) is 0. The van der Waals surface area contributed by atoms with Crippen molar-refractivity contribution in [3.05, 3.63) is 50.5 Å². The quantitative estimate of drug-likeness (QED) is 0.899. The highest BCUT2D eigenvalue weighted by atomic mass is 79.9. The average Bonchev–Trinajstić information content (AvgIpc) is 2.66. The number of aromatic nitrogens is 2. The van der Waals surface area contributed by atoms with Crippen LogP contribution in [0.3, 0.4) is 0 Å². The maximum absolute atomic E-state index is 13.8. The van der Waals surface area contributed by atoms with Crippen LogP contribution in [0.25, 0.3) is 0 Å². The Bertz CT molecular complexity index is 630. The molecule has 3 nitrogen and oxygen atoms in total. The molecule has 1 unspecified atom stereocenters. The number of aliphatic hydroxyl groups is 1. The van der Waals surface area contributed by atoms with Gasteiger partial charge in [-0.1, -0.05) is 40.5 Å². The van der Waals surface area contributed by atoms with Crippen LogP contribution in [0.1, 0.15) is 30.0 Å². The maximum Gasteiger partial charge on any atom is 0.130 e. The largest absolute Gasteiger partial charge is 0.388 e. The molecule has 0 fully saturated rings. The van der Waals surface area contributed by atoms with Gasteiger partial charge in [0.25, 0.3) is 0 Å². The Labute approximate surface area is 130 Å². The van der Waals surface area contributed by atoms with Crippen molar-refractivity contribution in [1.82, 2.24) is 9.78 Å². The van der Waals surface area contributed by atoms with E-state index in [9.17, 15) is 9.50 Å². The van der Waals surface area contributed by atoms with E-state index in [-0.39, 0.29) is 12.0 Å². The van der Waals surface area contributed by atoms with Gasteiger partial charge in [0.15, 0.2) is 0 Å². The molecular weight excluding hydrogens is 347 g/mol. The Balaban J connectivity index is 2.27. The van der Waals surface area contributed by atoms with Gasteiger partial charge in [-0.05, 0) is 18.6 Å². The predicted octanol–water partition coefficient (Wildman–Crippen LogP) is 3.81. The first kappa shape index (κ1) is 15.5. The summed E-state index contributed by atoms with van der Waals surface area (Å²) < 4.78 is 16.1. The third-order valence-corrected chi connectivity index (χ3v) is 4.14. The first-order valence-corrected chi connectivity index (χ1v) is 7.44. The molecule has 0 aliphatic heterocycles. The topological polar surface area (TPSA) is 38.0 Å². The van der Waals surface area contributed by atoms with Gasteiger partial charge in [0, 0.05) is 23.5 Å². The lowest BCUT2D eigenvalue weighted by Crippen LogP contribution is -2.08. The van der Waals surface area contributed by atoms with Crippen LogP contribution >= 0.6 is 27.5 Å². The van der Waals surface area contributed by atoms with E-state index in [4.69, 9.17) is 11.6 Å². The number of hydrogen-bond acceptors (Lipinski definition) is 2. The molecule has 1 heterocycles. The Morgan fingerprint density at radius 1 is 1.50 bits per heavy atom. The molecule has 0 bridgehead atoms. The first-order valence-electron chi connectivity index (χ1n) is 6.27. The fraction of sp³-hybridized carbons (Fsp3) is 0.357. The summed E-state index contributed by atoms with van der Waals surface area (Å²) in [6.45, 7) is 1.96. The first-order chi connectivity index (χ1) is 9.43. The van der Waals surface area contributed by atoms with Crippen molar-refractivity contribution in [2.24, 2.45) is 7.05 Å². The zero-order valence-electron chi connectivity index (χ0n) is 11.2. The Morgan fingerprint density at radius 3 is 2.75 bits per heavy atom. The van der Waals surface area contributed by atoms with Gasteiger partial charge in [0.05, 0.1) is 22.5 Å². The van der Waals surface area contributed by atoms with E-state index in [2.05, 4.69) is 21.0 Å². The molecule has 0 spiro atoms. The molecule has 108 valence electrons. The average molecular weight is 362 g/mol. The number of rotatable bonds is 4. The summed E-state index contributed by atoms with van der Waals surface area (Å²) in [5, 5.41) is 15.1. The van der Waals surface area contributed by atoms with Crippen molar-refractivity contribution >= 4 is 27.5 Å². The monoisotopic (exact) mass is 360 g/mol. The van der Waals surface area contributed by atoms with Crippen molar-refractivity contribution in [3.8, 4) is 0 Å². The molecule has 1 atom stereocenters. The molecule has 0 aliphatic carbocycles. The van der Waals surface area contributed by atoms with Crippen molar-refractivity contribution in [2.75, 3.05) is 0 Å². The SMILES string of the molecule is CCc1nn(C)c(CC(O)c2ccc(Br)cc2F)c1Cl. The number of hydrogen-bond donors (Lipinski definition) is 1. The third kappa shape index (κ3) is 3.05. The Hall–Kier alpha value is -0.910. The van der Waals surface area contributed by atoms with Crippen molar-refractivity contribution in [3.63, 3.8) is 0 Å². The standard InChI is InChI=1S/C14H15BrClFN2O/c1-3-11-14(16)12(19(2)18-11)7-13(20)9-5-4-8(15)6-10(9)17/h4-6,13,20H,3,7H2,1-2H3. The van der Waals surface area contributed by atoms with Gasteiger partial charge in [-0.2, -0.15) is 5.10 Å². The summed E-state index contributed by atoms with van der Waals surface area (Å²) in [6, 6.07) is 4.60. The normalized spacial score (nSPS) is 12.7. The molecular formula is C14H15BrClFN2O. The van der Waals surface area contributed by atoms with E-state index in [1.165, 1.54) is 6.07 Å². The molecule has 1 N–H and O–H groups in total. The van der Waals surface area contributed by atoms with Crippen LogP contribution in [0.5, 0.6) is 0 Å². The van der Waals surface area contributed by atoms with E-state index < -0.39 is 11.9 Å². The van der Waals surface area contributed by atoms with Crippen LogP contribution in [0, 0.1) is 5.82 Å². The van der Waals surface area contributed by atoms with E-state index in [1.54, 1.807) is 23.9 Å². The van der Waals surface area contributed by atoms with Crippen LogP contribution < -0.4 is 0 Å². The fourth-order valence-corrected chi connectivity index (χ4v) is 2.81.